The summed E-state index contributed by atoms with van der Waals surface area (Å²) in [6.07, 6.45) is 5.46. The van der Waals surface area contributed by atoms with Crippen LogP contribution in [0.1, 0.15) is 5.69 Å². The molecule has 5 nitrogen and oxygen atoms in total. The lowest BCUT2D eigenvalue weighted by molar-refractivity contribution is 0.640. The third-order valence-corrected chi connectivity index (χ3v) is 3.32. The Hall–Kier alpha value is -2.17. The fourth-order valence-corrected chi connectivity index (χ4v) is 2.31. The Balaban J connectivity index is 1.67. The Morgan fingerprint density at radius 2 is 1.68 bits per heavy atom. The van der Waals surface area contributed by atoms with Crippen LogP contribution >= 0.6 is 0 Å². The van der Waals surface area contributed by atoms with Gasteiger partial charge in [-0.25, -0.2) is 9.97 Å². The van der Waals surface area contributed by atoms with Gasteiger partial charge in [-0.15, -0.1) is 0 Å². The van der Waals surface area contributed by atoms with Crippen molar-refractivity contribution in [1.29, 1.82) is 0 Å². The van der Waals surface area contributed by atoms with E-state index in [1.807, 2.05) is 31.5 Å². The van der Waals surface area contributed by atoms with Gasteiger partial charge in [0.15, 0.2) is 0 Å². The van der Waals surface area contributed by atoms with Crippen molar-refractivity contribution in [2.75, 3.05) is 36.0 Å². The van der Waals surface area contributed by atoms with Crippen molar-refractivity contribution in [2.24, 2.45) is 0 Å². The average molecular weight is 255 g/mol. The molecule has 0 aliphatic carbocycles. The minimum atomic E-state index is 0.953. The molecule has 1 saturated heterocycles. The highest BCUT2D eigenvalue weighted by molar-refractivity contribution is 5.43. The lowest BCUT2D eigenvalue weighted by Crippen LogP contribution is -2.47. The topological polar surface area (TPSA) is 45.2 Å². The highest BCUT2D eigenvalue weighted by atomic mass is 15.3. The summed E-state index contributed by atoms with van der Waals surface area (Å²) in [6, 6.07) is 6.03. The lowest BCUT2D eigenvalue weighted by Gasteiger charge is -2.35. The van der Waals surface area contributed by atoms with Crippen molar-refractivity contribution in [3.05, 3.63) is 42.5 Å². The average Bonchev–Trinajstić information content (AvgIpc) is 2.48. The molecule has 1 aliphatic heterocycles. The van der Waals surface area contributed by atoms with Crippen LogP contribution < -0.4 is 9.80 Å². The van der Waals surface area contributed by atoms with Gasteiger partial charge in [-0.1, -0.05) is 6.07 Å². The molecule has 3 rings (SSSR count). The lowest BCUT2D eigenvalue weighted by atomic mass is 10.3. The van der Waals surface area contributed by atoms with Gasteiger partial charge < -0.3 is 9.80 Å². The fourth-order valence-electron chi connectivity index (χ4n) is 2.31. The van der Waals surface area contributed by atoms with Crippen LogP contribution in [0, 0.1) is 6.92 Å². The van der Waals surface area contributed by atoms with E-state index in [0.717, 1.165) is 43.5 Å². The Kier molecular flexibility index (Phi) is 3.27. The first-order valence-electron chi connectivity index (χ1n) is 6.52. The van der Waals surface area contributed by atoms with E-state index in [0.29, 0.717) is 0 Å². The van der Waals surface area contributed by atoms with Gasteiger partial charge in [0.05, 0.1) is 11.9 Å². The number of hydrogen-bond donors (Lipinski definition) is 0. The first kappa shape index (κ1) is 11.9. The number of nitrogens with zero attached hydrogens (tertiary/aromatic N) is 5. The third kappa shape index (κ3) is 2.65. The molecular formula is C14H17N5. The van der Waals surface area contributed by atoms with Gasteiger partial charge in [-0.05, 0) is 19.1 Å². The summed E-state index contributed by atoms with van der Waals surface area (Å²) in [7, 11) is 0. The van der Waals surface area contributed by atoms with Crippen molar-refractivity contribution < 1.29 is 0 Å². The van der Waals surface area contributed by atoms with Crippen molar-refractivity contribution in [3.8, 4) is 0 Å². The largest absolute Gasteiger partial charge is 0.353 e. The van der Waals surface area contributed by atoms with E-state index >= 15 is 0 Å². The molecule has 2 aromatic heterocycles. The van der Waals surface area contributed by atoms with E-state index < -0.39 is 0 Å². The van der Waals surface area contributed by atoms with Crippen LogP contribution in [0.15, 0.2) is 36.8 Å². The molecule has 0 bridgehead atoms. The molecule has 0 atom stereocenters. The number of aryl methyl sites for hydroxylation is 1. The maximum atomic E-state index is 4.52. The zero-order valence-electron chi connectivity index (χ0n) is 11.0. The summed E-state index contributed by atoms with van der Waals surface area (Å²) < 4.78 is 0. The Bertz CT molecular complexity index is 535. The van der Waals surface area contributed by atoms with Crippen molar-refractivity contribution in [3.63, 3.8) is 0 Å². The minimum Gasteiger partial charge on any atom is -0.353 e. The molecular weight excluding hydrogens is 238 g/mol. The number of hydrogen-bond acceptors (Lipinski definition) is 5. The van der Waals surface area contributed by atoms with Gasteiger partial charge >= 0.3 is 0 Å². The Morgan fingerprint density at radius 3 is 2.32 bits per heavy atom. The third-order valence-electron chi connectivity index (χ3n) is 3.32. The summed E-state index contributed by atoms with van der Waals surface area (Å²) >= 11 is 0. The Labute approximate surface area is 112 Å². The van der Waals surface area contributed by atoms with Crippen LogP contribution in [-0.2, 0) is 0 Å². The molecule has 19 heavy (non-hydrogen) atoms. The van der Waals surface area contributed by atoms with Crippen molar-refractivity contribution >= 4 is 11.6 Å². The number of rotatable bonds is 2. The molecule has 0 unspecified atom stereocenters. The van der Waals surface area contributed by atoms with E-state index in [4.69, 9.17) is 0 Å². The zero-order valence-corrected chi connectivity index (χ0v) is 11.0. The van der Waals surface area contributed by atoms with E-state index in [1.165, 1.54) is 0 Å². The van der Waals surface area contributed by atoms with Gasteiger partial charge in [0, 0.05) is 38.6 Å². The van der Waals surface area contributed by atoms with Gasteiger partial charge in [0.2, 0.25) is 0 Å². The molecule has 5 heteroatoms. The van der Waals surface area contributed by atoms with Crippen LogP contribution in [-0.4, -0.2) is 41.1 Å². The molecule has 0 saturated carbocycles. The first-order chi connectivity index (χ1) is 9.33. The van der Waals surface area contributed by atoms with E-state index in [1.54, 1.807) is 6.20 Å². The molecule has 0 spiro atoms. The maximum Gasteiger partial charge on any atom is 0.147 e. The van der Waals surface area contributed by atoms with Crippen molar-refractivity contribution in [2.45, 2.75) is 6.92 Å². The van der Waals surface area contributed by atoms with Crippen LogP contribution in [0.2, 0.25) is 0 Å². The smallest absolute Gasteiger partial charge is 0.147 e. The summed E-state index contributed by atoms with van der Waals surface area (Å²) in [5, 5.41) is 0. The SMILES string of the molecule is Cc1cncc(N2CCN(c3ccccn3)CC2)n1. The number of piperazine rings is 1. The monoisotopic (exact) mass is 255 g/mol. The van der Waals surface area contributed by atoms with Crippen LogP contribution in [0.4, 0.5) is 11.6 Å². The van der Waals surface area contributed by atoms with Gasteiger partial charge in [-0.3, -0.25) is 4.98 Å². The second kappa shape index (κ2) is 5.22. The molecule has 0 aromatic carbocycles. The van der Waals surface area contributed by atoms with Crippen LogP contribution in [0.25, 0.3) is 0 Å². The zero-order chi connectivity index (χ0) is 13.1. The normalized spacial score (nSPS) is 15.6. The van der Waals surface area contributed by atoms with Gasteiger partial charge in [0.1, 0.15) is 11.6 Å². The van der Waals surface area contributed by atoms with E-state index in [9.17, 15) is 0 Å². The molecule has 2 aromatic rings. The van der Waals surface area contributed by atoms with Crippen LogP contribution in [0.3, 0.4) is 0 Å². The first-order valence-corrected chi connectivity index (χ1v) is 6.52. The Morgan fingerprint density at radius 1 is 0.947 bits per heavy atom. The maximum absolute atomic E-state index is 4.52. The van der Waals surface area contributed by atoms with Gasteiger partial charge in [0.25, 0.3) is 0 Å². The second-order valence-electron chi connectivity index (χ2n) is 4.68. The molecule has 0 N–H and O–H groups in total. The highest BCUT2D eigenvalue weighted by Gasteiger charge is 2.18. The summed E-state index contributed by atoms with van der Waals surface area (Å²) in [4.78, 5) is 17.7. The quantitative estimate of drug-likeness (QED) is 0.814. The fraction of sp³-hybridized carbons (Fsp3) is 0.357. The van der Waals surface area contributed by atoms with Crippen molar-refractivity contribution in [1.82, 2.24) is 15.0 Å². The molecule has 3 heterocycles. The standard InChI is InChI=1S/C14H17N5/c1-12-10-15-11-14(17-12)19-8-6-18(7-9-19)13-4-2-3-5-16-13/h2-5,10-11H,6-9H2,1H3. The molecule has 0 radical (unpaired) electrons. The predicted molar refractivity (Wildman–Crippen MR) is 75.4 cm³/mol. The van der Waals surface area contributed by atoms with E-state index in [2.05, 4.69) is 30.8 Å². The van der Waals surface area contributed by atoms with Gasteiger partial charge in [-0.2, -0.15) is 0 Å². The summed E-state index contributed by atoms with van der Waals surface area (Å²) in [5.41, 5.74) is 0.963. The second-order valence-corrected chi connectivity index (χ2v) is 4.68. The van der Waals surface area contributed by atoms with E-state index in [-0.39, 0.29) is 0 Å². The molecule has 0 amide bonds. The summed E-state index contributed by atoms with van der Waals surface area (Å²) in [6.45, 7) is 5.81. The summed E-state index contributed by atoms with van der Waals surface area (Å²) in [5.74, 6) is 2.03. The molecule has 1 fully saturated rings. The molecule has 98 valence electrons. The minimum absolute atomic E-state index is 0.953. The van der Waals surface area contributed by atoms with Crippen LogP contribution in [0.5, 0.6) is 0 Å². The number of pyridine rings is 1. The molecule has 1 aliphatic rings. The highest BCUT2D eigenvalue weighted by Crippen LogP contribution is 2.16. The predicted octanol–water partition coefficient (Wildman–Crippen LogP) is 1.51. The number of anilines is 2. The number of aromatic nitrogens is 3.